The lowest BCUT2D eigenvalue weighted by atomic mass is 9.82. The Morgan fingerprint density at radius 3 is 2.70 bits per heavy atom. The molecule has 1 saturated carbocycles. The van der Waals surface area contributed by atoms with Crippen molar-refractivity contribution in [2.24, 2.45) is 11.8 Å². The zero-order chi connectivity index (χ0) is 16.3. The second kappa shape index (κ2) is 8.27. The van der Waals surface area contributed by atoms with Crippen LogP contribution in [0.3, 0.4) is 0 Å². The van der Waals surface area contributed by atoms with Crippen LogP contribution in [0.15, 0.2) is 22.5 Å². The van der Waals surface area contributed by atoms with E-state index < -0.39 is 5.97 Å². The molecule has 1 heterocycles. The molecule has 1 unspecified atom stereocenters. The van der Waals surface area contributed by atoms with Gasteiger partial charge in [0.1, 0.15) is 0 Å². The number of nitrogens with one attached hydrogen (secondary N) is 3. The molecule has 1 aliphatic heterocycles. The molecule has 0 bridgehead atoms. The Bertz CT molecular complexity index is 605. The molecule has 8 heteroatoms. The minimum atomic E-state index is -0.394. The summed E-state index contributed by atoms with van der Waals surface area (Å²) < 4.78 is 5.19. The highest BCUT2D eigenvalue weighted by Gasteiger charge is 2.43. The van der Waals surface area contributed by atoms with E-state index in [-0.39, 0.29) is 36.6 Å². The highest BCUT2D eigenvalue weighted by molar-refractivity contribution is 7.96. The third-order valence-corrected chi connectivity index (χ3v) is 3.99. The Morgan fingerprint density at radius 1 is 1.57 bits per heavy atom. The number of nitrogens with zero attached hydrogens (tertiary/aromatic N) is 1. The molecule has 1 atom stereocenters. The zero-order valence-corrected chi connectivity index (χ0v) is 14.8. The second-order valence-electron chi connectivity index (χ2n) is 5.41. The number of esters is 1. The lowest BCUT2D eigenvalue weighted by Crippen LogP contribution is -2.36. The zero-order valence-electron chi connectivity index (χ0n) is 13.1. The van der Waals surface area contributed by atoms with Crippen molar-refractivity contribution < 1.29 is 9.53 Å². The summed E-state index contributed by atoms with van der Waals surface area (Å²) in [6.45, 7) is 4.15. The fourth-order valence-electron chi connectivity index (χ4n) is 2.75. The first-order chi connectivity index (χ1) is 10.5. The van der Waals surface area contributed by atoms with Crippen LogP contribution in [-0.2, 0) is 9.53 Å². The normalized spacial score (nSPS) is 20.2. The van der Waals surface area contributed by atoms with E-state index in [1.807, 2.05) is 6.92 Å². The largest absolute Gasteiger partial charge is 0.463 e. The van der Waals surface area contributed by atoms with Crippen molar-refractivity contribution in [1.29, 1.82) is 10.7 Å². The maximum absolute atomic E-state index is 12.4. The van der Waals surface area contributed by atoms with Crippen LogP contribution in [0.2, 0.25) is 0 Å². The summed E-state index contributed by atoms with van der Waals surface area (Å²) in [4.78, 5) is 12.4. The number of hydrogen-bond donors (Lipinski definition) is 4. The van der Waals surface area contributed by atoms with Crippen molar-refractivity contribution in [3.8, 4) is 6.07 Å². The first-order valence-corrected chi connectivity index (χ1v) is 7.73. The predicted molar refractivity (Wildman–Crippen MR) is 93.3 cm³/mol. The smallest absolute Gasteiger partial charge is 0.336 e. The molecule has 0 saturated heterocycles. The number of nitriles is 1. The summed E-state index contributed by atoms with van der Waals surface area (Å²) in [7, 11) is 0. The summed E-state index contributed by atoms with van der Waals surface area (Å²) >= 11 is 3.90. The number of hydrogen-bond acceptors (Lipinski definition) is 5. The molecule has 0 amide bonds. The van der Waals surface area contributed by atoms with Gasteiger partial charge in [0.15, 0.2) is 5.17 Å². The van der Waals surface area contributed by atoms with Gasteiger partial charge in [-0.25, -0.2) is 4.79 Å². The van der Waals surface area contributed by atoms with Gasteiger partial charge < -0.3 is 15.4 Å². The van der Waals surface area contributed by atoms with Gasteiger partial charge in [-0.1, -0.05) is 0 Å². The topological polar surface area (TPSA) is 98.0 Å². The molecular weight excluding hydrogens is 336 g/mol. The number of amidine groups is 1. The Morgan fingerprint density at radius 2 is 2.22 bits per heavy atom. The summed E-state index contributed by atoms with van der Waals surface area (Å²) in [6.07, 6.45) is 2.02. The predicted octanol–water partition coefficient (Wildman–Crippen LogP) is 2.11. The van der Waals surface area contributed by atoms with Gasteiger partial charge in [-0.2, -0.15) is 5.26 Å². The van der Waals surface area contributed by atoms with Crippen LogP contribution in [0.1, 0.15) is 26.7 Å². The van der Waals surface area contributed by atoms with Gasteiger partial charge in [-0.15, -0.1) is 25.0 Å². The van der Waals surface area contributed by atoms with Gasteiger partial charge in [0, 0.05) is 17.3 Å². The number of ether oxygens (including phenoxy) is 1. The number of allylic oxidation sites excluding steroid dienone is 2. The first-order valence-electron chi connectivity index (χ1n) is 7.29. The molecule has 23 heavy (non-hydrogen) atoms. The number of halogens is 1. The average molecular weight is 357 g/mol. The number of carbonyl (C=O) groups is 1. The van der Waals surface area contributed by atoms with Crippen LogP contribution < -0.4 is 10.6 Å². The van der Waals surface area contributed by atoms with Crippen molar-refractivity contribution in [2.75, 3.05) is 13.2 Å². The van der Waals surface area contributed by atoms with E-state index in [1.54, 1.807) is 6.92 Å². The SMILES string of the molecule is CCOC(=O)C1=C(CNC(=N)S)NC(C)=C(C#N)C1C1CC1.Cl. The van der Waals surface area contributed by atoms with E-state index in [0.29, 0.717) is 22.8 Å². The molecule has 2 rings (SSSR count). The standard InChI is InChI=1S/C15H20N4O2S.ClH/c1-3-21-14(20)13-11(7-18-15(17)22)19-8(2)10(6-16)12(13)9-4-5-9;/h9,12,19H,3-5,7H2,1-2H3,(H3,17,18,22);1H. The number of carbonyl (C=O) groups excluding carboxylic acids is 1. The first kappa shape index (κ1) is 19.4. The Hall–Kier alpha value is -1.65. The van der Waals surface area contributed by atoms with Gasteiger partial charge in [-0.3, -0.25) is 5.41 Å². The number of dihydropyridines is 1. The molecule has 0 aromatic carbocycles. The fourth-order valence-corrected chi connectivity index (χ4v) is 2.83. The van der Waals surface area contributed by atoms with E-state index in [2.05, 4.69) is 29.3 Å². The van der Waals surface area contributed by atoms with Crippen LogP contribution in [-0.4, -0.2) is 24.3 Å². The van der Waals surface area contributed by atoms with Gasteiger partial charge in [0.25, 0.3) is 0 Å². The lowest BCUT2D eigenvalue weighted by Gasteiger charge is -2.29. The van der Waals surface area contributed by atoms with E-state index in [9.17, 15) is 10.1 Å². The van der Waals surface area contributed by atoms with Crippen molar-refractivity contribution in [1.82, 2.24) is 10.6 Å². The second-order valence-corrected chi connectivity index (χ2v) is 5.85. The van der Waals surface area contributed by atoms with Gasteiger partial charge >= 0.3 is 5.97 Å². The van der Waals surface area contributed by atoms with E-state index >= 15 is 0 Å². The molecule has 1 fully saturated rings. The van der Waals surface area contributed by atoms with Gasteiger partial charge in [-0.05, 0) is 32.6 Å². The summed E-state index contributed by atoms with van der Waals surface area (Å²) in [5.74, 6) is -0.289. The van der Waals surface area contributed by atoms with Crippen LogP contribution >= 0.6 is 25.0 Å². The maximum Gasteiger partial charge on any atom is 0.336 e. The highest BCUT2D eigenvalue weighted by atomic mass is 35.5. The average Bonchev–Trinajstić information content (AvgIpc) is 3.28. The van der Waals surface area contributed by atoms with Crippen LogP contribution in [0.4, 0.5) is 0 Å². The molecule has 3 N–H and O–H groups in total. The molecule has 1 aliphatic carbocycles. The Labute approximate surface area is 147 Å². The fraction of sp³-hybridized carbons (Fsp3) is 0.533. The third-order valence-electron chi connectivity index (χ3n) is 3.83. The van der Waals surface area contributed by atoms with Gasteiger partial charge in [0.05, 0.1) is 30.4 Å². The van der Waals surface area contributed by atoms with Crippen LogP contribution in [0.25, 0.3) is 0 Å². The van der Waals surface area contributed by atoms with Gasteiger partial charge in [0.2, 0.25) is 0 Å². The minimum Gasteiger partial charge on any atom is -0.463 e. The molecule has 0 aromatic rings. The van der Waals surface area contributed by atoms with E-state index in [0.717, 1.165) is 18.5 Å². The summed E-state index contributed by atoms with van der Waals surface area (Å²) in [6, 6.07) is 2.23. The van der Waals surface area contributed by atoms with Crippen molar-refractivity contribution >= 4 is 36.2 Å². The molecule has 0 radical (unpaired) electrons. The number of rotatable bonds is 5. The van der Waals surface area contributed by atoms with Crippen LogP contribution in [0.5, 0.6) is 0 Å². The lowest BCUT2D eigenvalue weighted by molar-refractivity contribution is -0.139. The van der Waals surface area contributed by atoms with E-state index in [4.69, 9.17) is 10.1 Å². The molecule has 6 nitrogen and oxygen atoms in total. The highest BCUT2D eigenvalue weighted by Crippen LogP contribution is 2.47. The number of thiol groups is 1. The Balaban J connectivity index is 0.00000264. The molecular formula is C15H21ClN4O2S. The van der Waals surface area contributed by atoms with Crippen LogP contribution in [0, 0.1) is 28.6 Å². The summed E-state index contributed by atoms with van der Waals surface area (Å²) in [5.41, 5.74) is 2.53. The van der Waals surface area contributed by atoms with E-state index in [1.165, 1.54) is 0 Å². The van der Waals surface area contributed by atoms with Crippen molar-refractivity contribution in [2.45, 2.75) is 26.7 Å². The monoisotopic (exact) mass is 356 g/mol. The molecule has 0 spiro atoms. The third kappa shape index (κ3) is 4.43. The molecule has 126 valence electrons. The quantitative estimate of drug-likeness (QED) is 0.262. The summed E-state index contributed by atoms with van der Waals surface area (Å²) in [5, 5.41) is 22.7. The van der Waals surface area contributed by atoms with Crippen molar-refractivity contribution in [3.05, 3.63) is 22.5 Å². The minimum absolute atomic E-state index is 0. The van der Waals surface area contributed by atoms with Crippen molar-refractivity contribution in [3.63, 3.8) is 0 Å². The molecule has 0 aromatic heterocycles. The maximum atomic E-state index is 12.4. The molecule has 2 aliphatic rings. The Kier molecular flexibility index (Phi) is 6.98.